The molecule has 1 aromatic heterocycles. The fourth-order valence-electron chi connectivity index (χ4n) is 3.39. The van der Waals surface area contributed by atoms with Crippen molar-refractivity contribution in [1.29, 1.82) is 0 Å². The molecular formula is C17H20N2O2S. The van der Waals surface area contributed by atoms with Crippen LogP contribution in [0.2, 0.25) is 0 Å². The average molecular weight is 316 g/mol. The number of likely N-dealkylation sites (tertiary alicyclic amines) is 1. The third-order valence-electron chi connectivity index (χ3n) is 4.67. The molecule has 0 aliphatic carbocycles. The number of nitrogens with zero attached hydrogens (tertiary/aromatic N) is 2. The van der Waals surface area contributed by atoms with Crippen LogP contribution in [-0.2, 0) is 9.53 Å². The van der Waals surface area contributed by atoms with Crippen molar-refractivity contribution in [3.63, 3.8) is 0 Å². The van der Waals surface area contributed by atoms with E-state index in [0.717, 1.165) is 50.9 Å². The van der Waals surface area contributed by atoms with Crippen molar-refractivity contribution in [1.82, 2.24) is 9.88 Å². The third-order valence-corrected chi connectivity index (χ3v) is 5.87. The number of rotatable bonds is 2. The van der Waals surface area contributed by atoms with Crippen LogP contribution in [0.4, 0.5) is 0 Å². The van der Waals surface area contributed by atoms with E-state index in [1.54, 1.807) is 11.3 Å². The Morgan fingerprint density at radius 3 is 2.77 bits per heavy atom. The van der Waals surface area contributed by atoms with Crippen LogP contribution in [0.15, 0.2) is 24.3 Å². The summed E-state index contributed by atoms with van der Waals surface area (Å²) in [7, 11) is 0. The SMILES string of the molecule is O=C([C@@H]1CCCO1)N1CCC(c2nc3ccccc3s2)CC1. The molecule has 1 atom stereocenters. The van der Waals surface area contributed by atoms with E-state index in [0.29, 0.717) is 5.92 Å². The topological polar surface area (TPSA) is 42.4 Å². The predicted octanol–water partition coefficient (Wildman–Crippen LogP) is 3.18. The maximum Gasteiger partial charge on any atom is 0.251 e. The quantitative estimate of drug-likeness (QED) is 0.854. The first-order valence-corrected chi connectivity index (χ1v) is 8.89. The van der Waals surface area contributed by atoms with E-state index in [-0.39, 0.29) is 12.0 Å². The number of amides is 1. The van der Waals surface area contributed by atoms with E-state index in [9.17, 15) is 4.79 Å². The van der Waals surface area contributed by atoms with Crippen LogP contribution in [0.5, 0.6) is 0 Å². The smallest absolute Gasteiger partial charge is 0.251 e. The molecule has 0 bridgehead atoms. The molecule has 22 heavy (non-hydrogen) atoms. The largest absolute Gasteiger partial charge is 0.368 e. The van der Waals surface area contributed by atoms with Gasteiger partial charge in [-0.2, -0.15) is 0 Å². The Hall–Kier alpha value is -1.46. The Morgan fingerprint density at radius 2 is 2.05 bits per heavy atom. The molecule has 0 saturated carbocycles. The fourth-order valence-corrected chi connectivity index (χ4v) is 4.52. The maximum absolute atomic E-state index is 12.4. The summed E-state index contributed by atoms with van der Waals surface area (Å²) in [5, 5.41) is 1.23. The van der Waals surface area contributed by atoms with Gasteiger partial charge in [0.05, 0.1) is 15.2 Å². The van der Waals surface area contributed by atoms with Crippen molar-refractivity contribution in [2.75, 3.05) is 19.7 Å². The summed E-state index contributed by atoms with van der Waals surface area (Å²) < 4.78 is 6.78. The van der Waals surface area contributed by atoms with Gasteiger partial charge in [-0.3, -0.25) is 4.79 Å². The molecule has 0 spiro atoms. The average Bonchev–Trinajstić information content (AvgIpc) is 3.23. The normalized spacial score (nSPS) is 23.3. The predicted molar refractivity (Wildman–Crippen MR) is 87.1 cm³/mol. The van der Waals surface area contributed by atoms with Crippen molar-refractivity contribution < 1.29 is 9.53 Å². The molecule has 116 valence electrons. The van der Waals surface area contributed by atoms with Gasteiger partial charge in [-0.15, -0.1) is 11.3 Å². The molecule has 1 aromatic carbocycles. The summed E-state index contributed by atoms with van der Waals surface area (Å²) in [4.78, 5) is 19.1. The summed E-state index contributed by atoms with van der Waals surface area (Å²) in [5.74, 6) is 0.686. The Kier molecular flexibility index (Phi) is 3.84. The summed E-state index contributed by atoms with van der Waals surface area (Å²) >= 11 is 1.80. The van der Waals surface area contributed by atoms with Gasteiger partial charge in [0.25, 0.3) is 5.91 Å². The van der Waals surface area contributed by atoms with Crippen molar-refractivity contribution in [2.24, 2.45) is 0 Å². The highest BCUT2D eigenvalue weighted by molar-refractivity contribution is 7.18. The fraction of sp³-hybridized carbons (Fsp3) is 0.529. The lowest BCUT2D eigenvalue weighted by atomic mass is 9.97. The van der Waals surface area contributed by atoms with Gasteiger partial charge in [-0.25, -0.2) is 4.98 Å². The van der Waals surface area contributed by atoms with Crippen LogP contribution in [0.3, 0.4) is 0 Å². The number of hydrogen-bond acceptors (Lipinski definition) is 4. The van der Waals surface area contributed by atoms with Crippen molar-refractivity contribution in [3.8, 4) is 0 Å². The zero-order valence-electron chi connectivity index (χ0n) is 12.5. The molecule has 0 unspecified atom stereocenters. The molecule has 2 aromatic rings. The lowest BCUT2D eigenvalue weighted by Crippen LogP contribution is -2.43. The van der Waals surface area contributed by atoms with Crippen LogP contribution >= 0.6 is 11.3 Å². The summed E-state index contributed by atoms with van der Waals surface area (Å²) in [6.45, 7) is 2.40. The minimum Gasteiger partial charge on any atom is -0.368 e. The zero-order valence-corrected chi connectivity index (χ0v) is 13.3. The summed E-state index contributed by atoms with van der Waals surface area (Å²) in [6.07, 6.45) is 3.74. The van der Waals surface area contributed by atoms with Crippen LogP contribution in [0.25, 0.3) is 10.2 Å². The van der Waals surface area contributed by atoms with E-state index in [2.05, 4.69) is 18.2 Å². The van der Waals surface area contributed by atoms with Gasteiger partial charge in [-0.05, 0) is 37.8 Å². The monoisotopic (exact) mass is 316 g/mol. The van der Waals surface area contributed by atoms with Crippen LogP contribution in [0.1, 0.15) is 36.6 Å². The molecule has 5 heteroatoms. The lowest BCUT2D eigenvalue weighted by molar-refractivity contribution is -0.142. The summed E-state index contributed by atoms with van der Waals surface area (Å²) in [5.41, 5.74) is 1.10. The Morgan fingerprint density at radius 1 is 1.23 bits per heavy atom. The van der Waals surface area contributed by atoms with Gasteiger partial charge in [0.1, 0.15) is 6.10 Å². The van der Waals surface area contributed by atoms with E-state index < -0.39 is 0 Å². The Balaban J connectivity index is 1.41. The van der Waals surface area contributed by atoms with Crippen molar-refractivity contribution >= 4 is 27.5 Å². The summed E-state index contributed by atoms with van der Waals surface area (Å²) in [6, 6.07) is 8.31. The highest BCUT2D eigenvalue weighted by atomic mass is 32.1. The van der Waals surface area contributed by atoms with E-state index in [4.69, 9.17) is 9.72 Å². The van der Waals surface area contributed by atoms with Crippen LogP contribution in [0, 0.1) is 0 Å². The standard InChI is InChI=1S/C17H20N2O2S/c20-17(14-5-3-11-21-14)19-9-7-12(8-10-19)16-18-13-4-1-2-6-15(13)22-16/h1-2,4,6,12,14H,3,5,7-11H2/t14-/m0/s1. The second kappa shape index (κ2) is 5.97. The highest BCUT2D eigenvalue weighted by Gasteiger charge is 2.31. The third kappa shape index (κ3) is 2.63. The Labute approximate surface area is 134 Å². The molecule has 0 N–H and O–H groups in total. The van der Waals surface area contributed by atoms with Crippen LogP contribution < -0.4 is 0 Å². The minimum absolute atomic E-state index is 0.181. The van der Waals surface area contributed by atoms with E-state index >= 15 is 0 Å². The number of aromatic nitrogens is 1. The van der Waals surface area contributed by atoms with Crippen LogP contribution in [-0.4, -0.2) is 41.6 Å². The van der Waals surface area contributed by atoms with Gasteiger partial charge >= 0.3 is 0 Å². The Bertz CT molecular complexity index is 637. The number of benzene rings is 1. The second-order valence-electron chi connectivity index (χ2n) is 6.12. The zero-order chi connectivity index (χ0) is 14.9. The highest BCUT2D eigenvalue weighted by Crippen LogP contribution is 2.34. The van der Waals surface area contributed by atoms with Gasteiger partial charge in [0.15, 0.2) is 0 Å². The van der Waals surface area contributed by atoms with Gasteiger partial charge in [0.2, 0.25) is 0 Å². The number of fused-ring (bicyclic) bond motifs is 1. The van der Waals surface area contributed by atoms with Gasteiger partial charge < -0.3 is 9.64 Å². The first-order valence-electron chi connectivity index (χ1n) is 8.07. The van der Waals surface area contributed by atoms with Crippen molar-refractivity contribution in [3.05, 3.63) is 29.3 Å². The molecule has 4 rings (SSSR count). The number of hydrogen-bond donors (Lipinski definition) is 0. The first-order chi connectivity index (χ1) is 10.8. The molecule has 4 nitrogen and oxygen atoms in total. The van der Waals surface area contributed by atoms with E-state index in [1.165, 1.54) is 9.71 Å². The lowest BCUT2D eigenvalue weighted by Gasteiger charge is -2.32. The molecule has 2 saturated heterocycles. The second-order valence-corrected chi connectivity index (χ2v) is 7.18. The molecule has 3 heterocycles. The number of thiazole rings is 1. The van der Waals surface area contributed by atoms with E-state index in [1.807, 2.05) is 11.0 Å². The first kappa shape index (κ1) is 14.2. The molecular weight excluding hydrogens is 296 g/mol. The van der Waals surface area contributed by atoms with Gasteiger partial charge in [-0.1, -0.05) is 12.1 Å². The molecule has 2 aliphatic heterocycles. The molecule has 0 radical (unpaired) electrons. The maximum atomic E-state index is 12.4. The molecule has 2 aliphatic rings. The number of carbonyl (C=O) groups excluding carboxylic acids is 1. The van der Waals surface area contributed by atoms with Gasteiger partial charge in [0, 0.05) is 25.6 Å². The number of piperidine rings is 1. The van der Waals surface area contributed by atoms with Crippen molar-refractivity contribution in [2.45, 2.75) is 37.7 Å². The molecule has 2 fully saturated rings. The minimum atomic E-state index is -0.181. The number of ether oxygens (including phenoxy) is 1. The molecule has 1 amide bonds. The number of para-hydroxylation sites is 1. The number of carbonyl (C=O) groups is 1.